The highest BCUT2D eigenvalue weighted by Crippen LogP contribution is 2.31. The molecule has 1 aliphatic rings. The number of halogens is 2. The lowest BCUT2D eigenvalue weighted by atomic mass is 9.81. The molecule has 0 heterocycles. The van der Waals surface area contributed by atoms with Crippen molar-refractivity contribution in [3.05, 3.63) is 68.2 Å². The number of hydrogen-bond acceptors (Lipinski definition) is 2. The van der Waals surface area contributed by atoms with Crippen molar-refractivity contribution in [2.24, 2.45) is 17.6 Å². The molecule has 158 valence electrons. The van der Waals surface area contributed by atoms with Crippen LogP contribution in [0.5, 0.6) is 0 Å². The van der Waals surface area contributed by atoms with Gasteiger partial charge in [-0.2, -0.15) is 0 Å². The van der Waals surface area contributed by atoms with Crippen LogP contribution in [-0.4, -0.2) is 18.0 Å². The van der Waals surface area contributed by atoms with Gasteiger partial charge in [-0.15, -0.1) is 0 Å². The van der Waals surface area contributed by atoms with Crippen LogP contribution in [0.1, 0.15) is 53.5 Å². The van der Waals surface area contributed by atoms with E-state index in [0.717, 1.165) is 38.0 Å². The van der Waals surface area contributed by atoms with E-state index in [2.05, 4.69) is 43.9 Å². The van der Waals surface area contributed by atoms with Crippen molar-refractivity contribution in [1.29, 1.82) is 0 Å². The first-order valence-corrected chi connectivity index (χ1v) is 11.5. The third-order valence-electron chi connectivity index (χ3n) is 6.43. The van der Waals surface area contributed by atoms with Crippen molar-refractivity contribution in [2.75, 3.05) is 13.1 Å². The highest BCUT2D eigenvalue weighted by Gasteiger charge is 2.23. The lowest BCUT2D eigenvalue weighted by Gasteiger charge is -2.33. The Kier molecular flexibility index (Phi) is 8.04. The van der Waals surface area contributed by atoms with Gasteiger partial charge in [-0.25, -0.2) is 0 Å². The van der Waals surface area contributed by atoms with E-state index in [4.69, 9.17) is 28.9 Å². The number of rotatable bonds is 7. The Morgan fingerprint density at radius 2 is 1.48 bits per heavy atom. The van der Waals surface area contributed by atoms with E-state index in [0.29, 0.717) is 10.0 Å². The van der Waals surface area contributed by atoms with E-state index < -0.39 is 0 Å². The summed E-state index contributed by atoms with van der Waals surface area (Å²) in [6.07, 6.45) is 5.10. The minimum Gasteiger partial charge on any atom is -0.330 e. The van der Waals surface area contributed by atoms with Crippen molar-refractivity contribution >= 4 is 23.2 Å². The zero-order chi connectivity index (χ0) is 21.0. The Bertz CT molecular complexity index is 803. The van der Waals surface area contributed by atoms with Gasteiger partial charge in [0.1, 0.15) is 0 Å². The maximum atomic E-state index is 6.29. The van der Waals surface area contributed by atoms with E-state index in [-0.39, 0.29) is 0 Å². The molecule has 3 rings (SSSR count). The molecule has 2 N–H and O–H groups in total. The molecule has 0 aromatic heterocycles. The summed E-state index contributed by atoms with van der Waals surface area (Å²) in [6, 6.07) is 10.6. The summed E-state index contributed by atoms with van der Waals surface area (Å²) in [7, 11) is 0. The van der Waals surface area contributed by atoms with Gasteiger partial charge in [-0.05, 0) is 99.2 Å². The van der Waals surface area contributed by atoms with Crippen molar-refractivity contribution in [3.63, 3.8) is 0 Å². The molecule has 2 aromatic carbocycles. The van der Waals surface area contributed by atoms with Crippen molar-refractivity contribution in [1.82, 2.24) is 4.90 Å². The fourth-order valence-corrected chi connectivity index (χ4v) is 5.10. The van der Waals surface area contributed by atoms with Gasteiger partial charge in [0.15, 0.2) is 0 Å². The molecule has 0 atom stereocenters. The van der Waals surface area contributed by atoms with E-state index >= 15 is 0 Å². The number of hydrogen-bond donors (Lipinski definition) is 1. The van der Waals surface area contributed by atoms with Crippen LogP contribution in [0.4, 0.5) is 0 Å². The SMILES string of the molecule is Cc1cc(C)c(CN(Cc2ccc(Cl)c(Cl)c2)CC2CCC(CN)CC2)c(C)c1. The summed E-state index contributed by atoms with van der Waals surface area (Å²) in [5.74, 6) is 1.46. The van der Waals surface area contributed by atoms with Gasteiger partial charge in [0, 0.05) is 19.6 Å². The van der Waals surface area contributed by atoms with Crippen LogP contribution in [0.25, 0.3) is 0 Å². The summed E-state index contributed by atoms with van der Waals surface area (Å²) in [5, 5.41) is 1.25. The minimum atomic E-state index is 0.618. The van der Waals surface area contributed by atoms with E-state index in [9.17, 15) is 0 Å². The molecule has 4 heteroatoms. The second kappa shape index (κ2) is 10.3. The molecule has 29 heavy (non-hydrogen) atoms. The predicted molar refractivity (Wildman–Crippen MR) is 126 cm³/mol. The molecule has 2 aromatic rings. The number of nitrogens with zero attached hydrogens (tertiary/aromatic N) is 1. The van der Waals surface area contributed by atoms with Crippen LogP contribution in [0, 0.1) is 32.6 Å². The van der Waals surface area contributed by atoms with Gasteiger partial charge < -0.3 is 5.73 Å². The molecule has 1 aliphatic carbocycles. The smallest absolute Gasteiger partial charge is 0.0595 e. The first kappa shape index (κ1) is 22.6. The van der Waals surface area contributed by atoms with Crippen LogP contribution < -0.4 is 5.73 Å². The fourth-order valence-electron chi connectivity index (χ4n) is 4.78. The fraction of sp³-hybridized carbons (Fsp3) is 0.520. The summed E-state index contributed by atoms with van der Waals surface area (Å²) in [5.41, 5.74) is 12.7. The molecule has 0 aliphatic heterocycles. The highest BCUT2D eigenvalue weighted by atomic mass is 35.5. The molecule has 1 saturated carbocycles. The largest absolute Gasteiger partial charge is 0.330 e. The Morgan fingerprint density at radius 1 is 0.862 bits per heavy atom. The lowest BCUT2D eigenvalue weighted by molar-refractivity contribution is 0.169. The molecule has 0 bridgehead atoms. The third-order valence-corrected chi connectivity index (χ3v) is 7.17. The average molecular weight is 433 g/mol. The summed E-state index contributed by atoms with van der Waals surface area (Å²) >= 11 is 12.4. The van der Waals surface area contributed by atoms with Crippen LogP contribution in [0.3, 0.4) is 0 Å². The van der Waals surface area contributed by atoms with Gasteiger partial charge in [0.05, 0.1) is 10.0 Å². The zero-order valence-electron chi connectivity index (χ0n) is 18.0. The van der Waals surface area contributed by atoms with Crippen molar-refractivity contribution in [2.45, 2.75) is 59.5 Å². The normalized spacial score (nSPS) is 19.7. The number of nitrogens with two attached hydrogens (primary N) is 1. The minimum absolute atomic E-state index is 0.618. The van der Waals surface area contributed by atoms with Gasteiger partial charge in [0.2, 0.25) is 0 Å². The van der Waals surface area contributed by atoms with Gasteiger partial charge in [-0.3, -0.25) is 4.90 Å². The van der Waals surface area contributed by atoms with E-state index in [1.807, 2.05) is 12.1 Å². The molecule has 0 radical (unpaired) electrons. The van der Waals surface area contributed by atoms with Gasteiger partial charge in [-0.1, -0.05) is 47.0 Å². The monoisotopic (exact) mass is 432 g/mol. The van der Waals surface area contributed by atoms with E-state index in [1.165, 1.54) is 53.5 Å². The standard InChI is InChI=1S/C25H34Cl2N2/c1-17-10-18(2)23(19(3)11-17)16-29(14-21-6-4-20(13-28)5-7-21)15-22-8-9-24(26)25(27)12-22/h8-12,20-21H,4-7,13-16,28H2,1-3H3. The average Bonchev–Trinajstić information content (AvgIpc) is 2.68. The van der Waals surface area contributed by atoms with Gasteiger partial charge in [0.25, 0.3) is 0 Å². The predicted octanol–water partition coefficient (Wildman–Crippen LogP) is 6.69. The Hall–Kier alpha value is -1.06. The maximum Gasteiger partial charge on any atom is 0.0595 e. The Morgan fingerprint density at radius 3 is 2.07 bits per heavy atom. The second-order valence-corrected chi connectivity index (χ2v) is 9.73. The molecule has 2 nitrogen and oxygen atoms in total. The summed E-state index contributed by atoms with van der Waals surface area (Å²) in [6.45, 7) is 10.5. The highest BCUT2D eigenvalue weighted by molar-refractivity contribution is 6.42. The first-order chi connectivity index (χ1) is 13.9. The van der Waals surface area contributed by atoms with Crippen molar-refractivity contribution in [3.8, 4) is 0 Å². The van der Waals surface area contributed by atoms with Crippen LogP contribution in [-0.2, 0) is 13.1 Å². The van der Waals surface area contributed by atoms with Crippen LogP contribution >= 0.6 is 23.2 Å². The first-order valence-electron chi connectivity index (χ1n) is 10.8. The summed E-state index contributed by atoms with van der Waals surface area (Å²) < 4.78 is 0. The third kappa shape index (κ3) is 6.21. The maximum absolute atomic E-state index is 6.29. The molecule has 0 amide bonds. The summed E-state index contributed by atoms with van der Waals surface area (Å²) in [4.78, 5) is 2.59. The molecule has 0 unspecified atom stereocenters. The molecule has 0 spiro atoms. The quantitative estimate of drug-likeness (QED) is 0.527. The van der Waals surface area contributed by atoms with Crippen molar-refractivity contribution < 1.29 is 0 Å². The molecule has 0 saturated heterocycles. The van der Waals surface area contributed by atoms with Crippen LogP contribution in [0.2, 0.25) is 10.0 Å². The molecular formula is C25H34Cl2N2. The number of aryl methyl sites for hydroxylation is 3. The van der Waals surface area contributed by atoms with Gasteiger partial charge >= 0.3 is 0 Å². The van der Waals surface area contributed by atoms with E-state index in [1.54, 1.807) is 0 Å². The topological polar surface area (TPSA) is 29.3 Å². The second-order valence-electron chi connectivity index (χ2n) is 8.92. The molecule has 1 fully saturated rings. The zero-order valence-corrected chi connectivity index (χ0v) is 19.5. The van der Waals surface area contributed by atoms with Crippen LogP contribution in [0.15, 0.2) is 30.3 Å². The Balaban J connectivity index is 1.78. The Labute approximate surface area is 186 Å². The molecular weight excluding hydrogens is 399 g/mol. The lowest BCUT2D eigenvalue weighted by Crippen LogP contribution is -2.32. The number of benzene rings is 2.